The first-order chi connectivity index (χ1) is 7.66. The van der Waals surface area contributed by atoms with E-state index in [1.165, 1.54) is 18.3 Å². The monoisotopic (exact) mass is 216 g/mol. The number of aromatic nitrogens is 1. The summed E-state index contributed by atoms with van der Waals surface area (Å²) in [4.78, 5) is 14.9. The Morgan fingerprint density at radius 2 is 1.81 bits per heavy atom. The number of rotatable bonds is 2. The average Bonchev–Trinajstić information content (AvgIpc) is 2.30. The molecule has 0 saturated heterocycles. The Kier molecular flexibility index (Phi) is 2.64. The van der Waals surface area contributed by atoms with Gasteiger partial charge in [0.05, 0.1) is 5.56 Å². The summed E-state index contributed by atoms with van der Waals surface area (Å²) in [7, 11) is 0. The van der Waals surface area contributed by atoms with E-state index in [2.05, 4.69) is 4.98 Å². The quantitative estimate of drug-likeness (QED) is 0.834. The minimum atomic E-state index is -0.531. The van der Waals surface area contributed by atoms with Gasteiger partial charge >= 0.3 is 0 Å². The molecule has 1 amide bonds. The number of nitrogens with zero attached hydrogens (tertiary/aromatic N) is 1. The molecule has 0 spiro atoms. The molecular formula is C12H9FN2O. The second-order valence-electron chi connectivity index (χ2n) is 3.33. The van der Waals surface area contributed by atoms with Crippen LogP contribution in [0.15, 0.2) is 42.7 Å². The summed E-state index contributed by atoms with van der Waals surface area (Å²) in [5.74, 6) is -0.834. The Morgan fingerprint density at radius 1 is 1.12 bits per heavy atom. The van der Waals surface area contributed by atoms with Crippen LogP contribution in [0.4, 0.5) is 4.39 Å². The number of nitrogens with two attached hydrogens (primary N) is 1. The number of halogens is 1. The Hall–Kier alpha value is -2.23. The van der Waals surface area contributed by atoms with Gasteiger partial charge in [0.25, 0.3) is 0 Å². The molecule has 80 valence electrons. The minimum absolute atomic E-state index is 0.303. The summed E-state index contributed by atoms with van der Waals surface area (Å²) in [6, 6.07) is 7.58. The molecule has 2 rings (SSSR count). The van der Waals surface area contributed by atoms with Crippen LogP contribution in [0.5, 0.6) is 0 Å². The van der Waals surface area contributed by atoms with E-state index in [0.29, 0.717) is 5.56 Å². The molecule has 0 aliphatic carbocycles. The van der Waals surface area contributed by atoms with Gasteiger partial charge in [0.1, 0.15) is 5.82 Å². The fourth-order valence-electron chi connectivity index (χ4n) is 1.37. The largest absolute Gasteiger partial charge is 0.366 e. The molecule has 16 heavy (non-hydrogen) atoms. The number of amides is 1. The van der Waals surface area contributed by atoms with Gasteiger partial charge in [-0.2, -0.15) is 0 Å². The van der Waals surface area contributed by atoms with Crippen molar-refractivity contribution in [1.82, 2.24) is 4.98 Å². The lowest BCUT2D eigenvalue weighted by molar-refractivity contribution is 0.1000. The van der Waals surface area contributed by atoms with Crippen LogP contribution in [0.25, 0.3) is 11.1 Å². The number of hydrogen-bond donors (Lipinski definition) is 1. The van der Waals surface area contributed by atoms with Gasteiger partial charge in [-0.1, -0.05) is 12.1 Å². The molecular weight excluding hydrogens is 207 g/mol. The van der Waals surface area contributed by atoms with Crippen LogP contribution >= 0.6 is 0 Å². The van der Waals surface area contributed by atoms with Crippen molar-refractivity contribution in [3.8, 4) is 11.1 Å². The highest BCUT2D eigenvalue weighted by atomic mass is 19.1. The van der Waals surface area contributed by atoms with Crippen molar-refractivity contribution >= 4 is 5.91 Å². The van der Waals surface area contributed by atoms with Crippen molar-refractivity contribution in [2.24, 2.45) is 5.73 Å². The first-order valence-electron chi connectivity index (χ1n) is 4.67. The highest BCUT2D eigenvalue weighted by molar-refractivity contribution is 5.93. The van der Waals surface area contributed by atoms with Gasteiger partial charge in [-0.25, -0.2) is 4.39 Å². The fourth-order valence-corrected chi connectivity index (χ4v) is 1.37. The van der Waals surface area contributed by atoms with E-state index in [1.807, 2.05) is 0 Å². The van der Waals surface area contributed by atoms with Crippen LogP contribution in [0.1, 0.15) is 10.4 Å². The molecule has 0 saturated carbocycles. The number of carbonyl (C=O) groups is 1. The van der Waals surface area contributed by atoms with Gasteiger partial charge < -0.3 is 5.73 Å². The van der Waals surface area contributed by atoms with Crippen molar-refractivity contribution in [3.05, 3.63) is 54.1 Å². The van der Waals surface area contributed by atoms with E-state index >= 15 is 0 Å². The van der Waals surface area contributed by atoms with Crippen LogP contribution in [0.2, 0.25) is 0 Å². The molecule has 2 N–H and O–H groups in total. The second kappa shape index (κ2) is 4.10. The molecule has 1 heterocycles. The standard InChI is InChI=1S/C12H9FN2O/c13-11-3-1-8(2-4-11)9-5-10(12(14)16)7-15-6-9/h1-7H,(H2,14,16). The molecule has 0 unspecified atom stereocenters. The van der Waals surface area contributed by atoms with Gasteiger partial charge in [-0.3, -0.25) is 9.78 Å². The molecule has 0 atom stereocenters. The van der Waals surface area contributed by atoms with Gasteiger partial charge in [0, 0.05) is 18.0 Å². The molecule has 2 aromatic rings. The van der Waals surface area contributed by atoms with E-state index in [0.717, 1.165) is 11.1 Å². The van der Waals surface area contributed by atoms with Crippen molar-refractivity contribution in [3.63, 3.8) is 0 Å². The lowest BCUT2D eigenvalue weighted by Gasteiger charge is -2.02. The van der Waals surface area contributed by atoms with Crippen LogP contribution in [0, 0.1) is 5.82 Å². The van der Waals surface area contributed by atoms with Crippen LogP contribution in [-0.4, -0.2) is 10.9 Å². The zero-order chi connectivity index (χ0) is 11.5. The van der Waals surface area contributed by atoms with Gasteiger partial charge in [-0.05, 0) is 23.8 Å². The lowest BCUT2D eigenvalue weighted by Crippen LogP contribution is -2.11. The smallest absolute Gasteiger partial charge is 0.250 e. The number of primary amides is 1. The third kappa shape index (κ3) is 2.06. The average molecular weight is 216 g/mol. The third-order valence-corrected chi connectivity index (χ3v) is 2.20. The zero-order valence-electron chi connectivity index (χ0n) is 8.35. The van der Waals surface area contributed by atoms with Crippen LogP contribution in [-0.2, 0) is 0 Å². The number of carbonyl (C=O) groups excluding carboxylic acids is 1. The summed E-state index contributed by atoms with van der Waals surface area (Å²) in [6.07, 6.45) is 3.00. The maximum atomic E-state index is 12.7. The maximum absolute atomic E-state index is 12.7. The van der Waals surface area contributed by atoms with Crippen molar-refractivity contribution in [2.45, 2.75) is 0 Å². The van der Waals surface area contributed by atoms with Crippen LogP contribution < -0.4 is 5.73 Å². The lowest BCUT2D eigenvalue weighted by atomic mass is 10.1. The predicted octanol–water partition coefficient (Wildman–Crippen LogP) is 1.99. The summed E-state index contributed by atoms with van der Waals surface area (Å²) >= 11 is 0. The van der Waals surface area contributed by atoms with Crippen LogP contribution in [0.3, 0.4) is 0 Å². The fraction of sp³-hybridized carbons (Fsp3) is 0. The zero-order valence-corrected chi connectivity index (χ0v) is 8.35. The predicted molar refractivity (Wildman–Crippen MR) is 58.1 cm³/mol. The first-order valence-corrected chi connectivity index (χ1v) is 4.67. The molecule has 0 aliphatic heterocycles. The molecule has 0 fully saturated rings. The summed E-state index contributed by atoms with van der Waals surface area (Å²) in [6.45, 7) is 0. The summed E-state index contributed by atoms with van der Waals surface area (Å²) < 4.78 is 12.7. The summed E-state index contributed by atoms with van der Waals surface area (Å²) in [5.41, 5.74) is 7.00. The first kappa shape index (κ1) is 10.3. The van der Waals surface area contributed by atoms with Crippen molar-refractivity contribution in [1.29, 1.82) is 0 Å². The minimum Gasteiger partial charge on any atom is -0.366 e. The third-order valence-electron chi connectivity index (χ3n) is 2.20. The van der Waals surface area contributed by atoms with Crippen molar-refractivity contribution < 1.29 is 9.18 Å². The molecule has 3 nitrogen and oxygen atoms in total. The molecule has 4 heteroatoms. The SMILES string of the molecule is NC(=O)c1cncc(-c2ccc(F)cc2)c1. The van der Waals surface area contributed by atoms with E-state index < -0.39 is 5.91 Å². The molecule has 1 aromatic carbocycles. The Bertz CT molecular complexity index is 523. The Balaban J connectivity index is 2.44. The van der Waals surface area contributed by atoms with Gasteiger partial charge in [0.2, 0.25) is 5.91 Å². The topological polar surface area (TPSA) is 56.0 Å². The number of benzene rings is 1. The number of pyridine rings is 1. The van der Waals surface area contributed by atoms with E-state index in [9.17, 15) is 9.18 Å². The second-order valence-corrected chi connectivity index (χ2v) is 3.33. The number of hydrogen-bond acceptors (Lipinski definition) is 2. The van der Waals surface area contributed by atoms with E-state index in [-0.39, 0.29) is 5.82 Å². The molecule has 0 aliphatic rings. The normalized spacial score (nSPS) is 10.1. The maximum Gasteiger partial charge on any atom is 0.250 e. The van der Waals surface area contributed by atoms with Crippen molar-refractivity contribution in [2.75, 3.05) is 0 Å². The molecule has 1 aromatic heterocycles. The Labute approximate surface area is 91.7 Å². The molecule has 0 radical (unpaired) electrons. The van der Waals surface area contributed by atoms with E-state index in [1.54, 1.807) is 24.4 Å². The summed E-state index contributed by atoms with van der Waals surface area (Å²) in [5, 5.41) is 0. The van der Waals surface area contributed by atoms with Gasteiger partial charge in [0.15, 0.2) is 0 Å². The highest BCUT2D eigenvalue weighted by Crippen LogP contribution is 2.19. The molecule has 0 bridgehead atoms. The van der Waals surface area contributed by atoms with Gasteiger partial charge in [-0.15, -0.1) is 0 Å². The Morgan fingerprint density at radius 3 is 2.44 bits per heavy atom. The van der Waals surface area contributed by atoms with E-state index in [4.69, 9.17) is 5.73 Å². The highest BCUT2D eigenvalue weighted by Gasteiger charge is 2.04.